The molecule has 0 fully saturated rings. The minimum Gasteiger partial charge on any atom is -0.497 e. The number of hydrogen-bond acceptors (Lipinski definition) is 3. The zero-order chi connectivity index (χ0) is 9.97. The predicted octanol–water partition coefficient (Wildman–Crippen LogP) is 3.01. The molecule has 0 radical (unpaired) electrons. The summed E-state index contributed by atoms with van der Waals surface area (Å²) >= 11 is 4.83. The molecule has 0 aliphatic heterocycles. The van der Waals surface area contributed by atoms with E-state index in [4.69, 9.17) is 21.4 Å². The van der Waals surface area contributed by atoms with Crippen LogP contribution >= 0.6 is 12.2 Å². The van der Waals surface area contributed by atoms with E-state index < -0.39 is 0 Å². The Kier molecular flexibility index (Phi) is 2.37. The summed E-state index contributed by atoms with van der Waals surface area (Å²) in [6, 6.07) is 7.59. The maximum atomic E-state index is 5.26. The van der Waals surface area contributed by atoms with Gasteiger partial charge in [0.25, 0.3) is 4.84 Å². The van der Waals surface area contributed by atoms with Crippen molar-refractivity contribution in [2.24, 2.45) is 0 Å². The van der Waals surface area contributed by atoms with Crippen LogP contribution in [0.3, 0.4) is 0 Å². The highest BCUT2D eigenvalue weighted by atomic mass is 32.1. The van der Waals surface area contributed by atoms with Gasteiger partial charge >= 0.3 is 0 Å². The predicted molar refractivity (Wildman–Crippen MR) is 55.9 cm³/mol. The van der Waals surface area contributed by atoms with Gasteiger partial charge in [-0.25, -0.2) is 0 Å². The van der Waals surface area contributed by atoms with Crippen LogP contribution in [0, 0.1) is 4.84 Å². The molecule has 0 aliphatic carbocycles. The van der Waals surface area contributed by atoms with Gasteiger partial charge < -0.3 is 14.1 Å². The highest BCUT2D eigenvalue weighted by molar-refractivity contribution is 7.71. The van der Waals surface area contributed by atoms with Crippen molar-refractivity contribution in [1.29, 1.82) is 0 Å². The summed E-state index contributed by atoms with van der Waals surface area (Å²) < 4.78 is 10.3. The zero-order valence-corrected chi connectivity index (χ0v) is 8.43. The van der Waals surface area contributed by atoms with E-state index >= 15 is 0 Å². The van der Waals surface area contributed by atoms with Crippen molar-refractivity contribution in [1.82, 2.24) is 4.98 Å². The molecule has 0 amide bonds. The SMILES string of the molecule is COc1ccc(-c2c[nH]c(=S)o2)cc1. The first-order chi connectivity index (χ1) is 6.79. The van der Waals surface area contributed by atoms with Crippen LogP contribution in [0.5, 0.6) is 5.75 Å². The van der Waals surface area contributed by atoms with Gasteiger partial charge in [0.1, 0.15) is 5.75 Å². The summed E-state index contributed by atoms with van der Waals surface area (Å²) in [5.74, 6) is 1.56. The van der Waals surface area contributed by atoms with E-state index in [-0.39, 0.29) is 0 Å². The molecule has 0 atom stereocenters. The molecule has 0 bridgehead atoms. The van der Waals surface area contributed by atoms with Crippen LogP contribution in [0.4, 0.5) is 0 Å². The molecule has 0 spiro atoms. The van der Waals surface area contributed by atoms with Crippen molar-refractivity contribution in [2.45, 2.75) is 0 Å². The van der Waals surface area contributed by atoms with Gasteiger partial charge in [0.15, 0.2) is 5.76 Å². The van der Waals surface area contributed by atoms with Gasteiger partial charge in [-0.05, 0) is 36.5 Å². The Labute approximate surface area is 86.3 Å². The topological polar surface area (TPSA) is 38.2 Å². The second-order valence-corrected chi connectivity index (χ2v) is 3.14. The van der Waals surface area contributed by atoms with Crippen molar-refractivity contribution < 1.29 is 9.15 Å². The lowest BCUT2D eigenvalue weighted by Gasteiger charge is -1.99. The van der Waals surface area contributed by atoms with Crippen LogP contribution in [-0.2, 0) is 0 Å². The first kappa shape index (κ1) is 9.02. The van der Waals surface area contributed by atoms with Gasteiger partial charge in [0.05, 0.1) is 7.11 Å². The molecule has 0 aliphatic rings. The number of rotatable bonds is 2. The van der Waals surface area contributed by atoms with Crippen LogP contribution in [0.15, 0.2) is 34.9 Å². The molecule has 1 aromatic carbocycles. The number of oxazole rings is 1. The van der Waals surface area contributed by atoms with E-state index in [0.717, 1.165) is 17.1 Å². The van der Waals surface area contributed by atoms with E-state index in [1.165, 1.54) is 0 Å². The van der Waals surface area contributed by atoms with E-state index in [9.17, 15) is 0 Å². The molecule has 0 unspecified atom stereocenters. The van der Waals surface area contributed by atoms with Crippen molar-refractivity contribution in [3.05, 3.63) is 35.3 Å². The number of nitrogens with one attached hydrogen (secondary N) is 1. The number of hydrogen-bond donors (Lipinski definition) is 1. The highest BCUT2D eigenvalue weighted by Gasteiger charge is 2.01. The standard InChI is InChI=1S/C10H9NO2S/c1-12-8-4-2-7(3-5-8)9-6-11-10(14)13-9/h2-6H,1H3,(H,11,14). The number of ether oxygens (including phenoxy) is 1. The molecular weight excluding hydrogens is 198 g/mol. The van der Waals surface area contributed by atoms with Crippen LogP contribution in [0.25, 0.3) is 11.3 Å². The monoisotopic (exact) mass is 207 g/mol. The smallest absolute Gasteiger partial charge is 0.266 e. The summed E-state index contributed by atoms with van der Waals surface area (Å²) in [6.07, 6.45) is 1.74. The van der Waals surface area contributed by atoms with Crippen molar-refractivity contribution in [3.63, 3.8) is 0 Å². The molecular formula is C10H9NO2S. The maximum absolute atomic E-state index is 5.26. The van der Waals surface area contributed by atoms with Crippen LogP contribution < -0.4 is 4.74 Å². The Morgan fingerprint density at radius 1 is 1.29 bits per heavy atom. The zero-order valence-electron chi connectivity index (χ0n) is 7.61. The Balaban J connectivity index is 2.38. The molecule has 0 saturated heterocycles. The molecule has 3 nitrogen and oxygen atoms in total. The minimum absolute atomic E-state index is 0.385. The highest BCUT2D eigenvalue weighted by Crippen LogP contribution is 2.21. The van der Waals surface area contributed by atoms with Gasteiger partial charge in [0.2, 0.25) is 0 Å². The van der Waals surface area contributed by atoms with Crippen LogP contribution in [0.1, 0.15) is 0 Å². The van der Waals surface area contributed by atoms with E-state index in [2.05, 4.69) is 4.98 Å². The number of aromatic amines is 1. The molecule has 0 saturated carbocycles. The van der Waals surface area contributed by atoms with Crippen LogP contribution in [-0.4, -0.2) is 12.1 Å². The van der Waals surface area contributed by atoms with Crippen molar-refractivity contribution >= 4 is 12.2 Å². The summed E-state index contributed by atoms with van der Waals surface area (Å²) in [7, 11) is 1.64. The largest absolute Gasteiger partial charge is 0.497 e. The number of benzene rings is 1. The molecule has 1 N–H and O–H groups in total. The second-order valence-electron chi connectivity index (χ2n) is 2.77. The summed E-state index contributed by atoms with van der Waals surface area (Å²) in [4.78, 5) is 3.20. The first-order valence-corrected chi connectivity index (χ1v) is 4.53. The summed E-state index contributed by atoms with van der Waals surface area (Å²) in [5.41, 5.74) is 0.971. The van der Waals surface area contributed by atoms with Crippen molar-refractivity contribution in [2.75, 3.05) is 7.11 Å². The summed E-state index contributed by atoms with van der Waals surface area (Å²) in [6.45, 7) is 0. The Morgan fingerprint density at radius 3 is 2.50 bits per heavy atom. The third-order valence-electron chi connectivity index (χ3n) is 1.90. The normalized spacial score (nSPS) is 10.1. The average Bonchev–Trinajstić information content (AvgIpc) is 2.65. The third-order valence-corrected chi connectivity index (χ3v) is 2.10. The van der Waals surface area contributed by atoms with Crippen LogP contribution in [0.2, 0.25) is 0 Å². The molecule has 1 heterocycles. The lowest BCUT2D eigenvalue weighted by molar-refractivity contribution is 0.415. The number of H-pyrrole nitrogens is 1. The number of methoxy groups -OCH3 is 1. The molecule has 72 valence electrons. The van der Waals surface area contributed by atoms with Gasteiger partial charge in [-0.2, -0.15) is 0 Å². The minimum atomic E-state index is 0.385. The van der Waals surface area contributed by atoms with Gasteiger partial charge in [-0.1, -0.05) is 0 Å². The van der Waals surface area contributed by atoms with Gasteiger partial charge in [-0.15, -0.1) is 0 Å². The fourth-order valence-electron chi connectivity index (χ4n) is 1.18. The third kappa shape index (κ3) is 1.70. The van der Waals surface area contributed by atoms with E-state index in [0.29, 0.717) is 4.84 Å². The first-order valence-electron chi connectivity index (χ1n) is 4.12. The maximum Gasteiger partial charge on any atom is 0.266 e. The molecule has 2 rings (SSSR count). The summed E-state index contributed by atoms with van der Waals surface area (Å²) in [5, 5.41) is 0. The average molecular weight is 207 g/mol. The number of aromatic nitrogens is 1. The molecule has 4 heteroatoms. The lowest BCUT2D eigenvalue weighted by Crippen LogP contribution is -1.81. The Hall–Kier alpha value is -1.55. The Morgan fingerprint density at radius 2 is 2.00 bits per heavy atom. The second kappa shape index (κ2) is 3.67. The van der Waals surface area contributed by atoms with Gasteiger partial charge in [0, 0.05) is 11.8 Å². The quantitative estimate of drug-likeness (QED) is 0.769. The lowest BCUT2D eigenvalue weighted by atomic mass is 10.2. The van der Waals surface area contributed by atoms with Gasteiger partial charge in [-0.3, -0.25) is 0 Å². The fourth-order valence-corrected chi connectivity index (χ4v) is 1.33. The molecule has 14 heavy (non-hydrogen) atoms. The van der Waals surface area contributed by atoms with Crippen molar-refractivity contribution in [3.8, 4) is 17.1 Å². The van der Waals surface area contributed by atoms with E-state index in [1.807, 2.05) is 24.3 Å². The molecule has 2 aromatic rings. The molecule has 1 aromatic heterocycles. The van der Waals surface area contributed by atoms with E-state index in [1.54, 1.807) is 13.3 Å². The fraction of sp³-hybridized carbons (Fsp3) is 0.100. The Bertz CT molecular complexity index is 469.